The highest BCUT2D eigenvalue weighted by atomic mass is 16.4. The van der Waals surface area contributed by atoms with Gasteiger partial charge in [0.25, 0.3) is 0 Å². The average Bonchev–Trinajstić information content (AvgIpc) is 2.48. The van der Waals surface area contributed by atoms with Crippen LogP contribution in [0.2, 0.25) is 0 Å². The third kappa shape index (κ3) is 5.49. The largest absolute Gasteiger partial charge is 0.480 e. The fraction of sp³-hybridized carbons (Fsp3) is 0.667. The molecule has 1 unspecified atom stereocenters. The van der Waals surface area contributed by atoms with Crippen LogP contribution in [-0.2, 0) is 4.79 Å². The number of hydrogen-bond donors (Lipinski definition) is 3. The van der Waals surface area contributed by atoms with Crippen molar-refractivity contribution in [2.24, 2.45) is 16.5 Å². The highest BCUT2D eigenvalue weighted by Gasteiger charge is 2.11. The Labute approximate surface area is 102 Å². The summed E-state index contributed by atoms with van der Waals surface area (Å²) in [6.45, 7) is 0. The van der Waals surface area contributed by atoms with Crippen molar-refractivity contribution in [3.05, 3.63) is 12.2 Å². The lowest BCUT2D eigenvalue weighted by molar-refractivity contribution is -0.138. The van der Waals surface area contributed by atoms with Gasteiger partial charge >= 0.3 is 5.97 Å². The van der Waals surface area contributed by atoms with Crippen LogP contribution in [0.3, 0.4) is 0 Å². The molecule has 0 saturated heterocycles. The summed E-state index contributed by atoms with van der Waals surface area (Å²) < 4.78 is 0. The zero-order valence-corrected chi connectivity index (χ0v) is 10.0. The van der Waals surface area contributed by atoms with Gasteiger partial charge in [0.2, 0.25) is 0 Å². The van der Waals surface area contributed by atoms with E-state index in [4.69, 9.17) is 16.6 Å². The minimum Gasteiger partial charge on any atom is -0.480 e. The van der Waals surface area contributed by atoms with E-state index in [1.165, 1.54) is 0 Å². The lowest BCUT2D eigenvalue weighted by atomic mass is 10.1. The van der Waals surface area contributed by atoms with Gasteiger partial charge in [-0.05, 0) is 25.7 Å². The predicted molar refractivity (Wildman–Crippen MR) is 67.9 cm³/mol. The number of aliphatic carboxylic acids is 1. The van der Waals surface area contributed by atoms with Crippen LogP contribution in [0.15, 0.2) is 17.1 Å². The molecule has 0 amide bonds. The monoisotopic (exact) mass is 239 g/mol. The minimum absolute atomic E-state index is 0.245. The van der Waals surface area contributed by atoms with Crippen LogP contribution in [0, 0.1) is 0 Å². The average molecular weight is 239 g/mol. The summed E-state index contributed by atoms with van der Waals surface area (Å²) in [7, 11) is 0. The first-order chi connectivity index (χ1) is 8.09. The Kier molecular flexibility index (Phi) is 5.69. The molecule has 0 bridgehead atoms. The lowest BCUT2D eigenvalue weighted by Gasteiger charge is -2.07. The summed E-state index contributed by atoms with van der Waals surface area (Å²) in [6.07, 6.45) is 9.15. The van der Waals surface area contributed by atoms with E-state index in [1.807, 2.05) is 12.2 Å². The maximum atomic E-state index is 10.5. The van der Waals surface area contributed by atoms with E-state index in [0.717, 1.165) is 37.9 Å². The number of carbonyl (C=O) groups is 1. The molecular formula is C12H21N3O2. The van der Waals surface area contributed by atoms with Gasteiger partial charge in [-0.1, -0.05) is 18.6 Å². The van der Waals surface area contributed by atoms with Gasteiger partial charge < -0.3 is 16.6 Å². The van der Waals surface area contributed by atoms with Crippen molar-refractivity contribution in [3.8, 4) is 0 Å². The summed E-state index contributed by atoms with van der Waals surface area (Å²) in [6, 6.07) is -0.566. The Hall–Kier alpha value is -1.36. The smallest absolute Gasteiger partial charge is 0.320 e. The highest BCUT2D eigenvalue weighted by molar-refractivity contribution is 5.80. The van der Waals surface area contributed by atoms with Crippen LogP contribution in [-0.4, -0.2) is 29.0 Å². The topological polar surface area (TPSA) is 102 Å². The van der Waals surface area contributed by atoms with Crippen LogP contribution in [0.5, 0.6) is 0 Å². The van der Waals surface area contributed by atoms with E-state index >= 15 is 0 Å². The molecule has 1 rings (SSSR count). The van der Waals surface area contributed by atoms with Gasteiger partial charge in [0, 0.05) is 6.42 Å². The molecule has 0 fully saturated rings. The minimum atomic E-state index is -0.966. The number of carboxylic acids is 1. The van der Waals surface area contributed by atoms with Crippen molar-refractivity contribution >= 4 is 11.8 Å². The van der Waals surface area contributed by atoms with E-state index in [2.05, 4.69) is 4.99 Å². The Bertz CT molecular complexity index is 313. The van der Waals surface area contributed by atoms with Gasteiger partial charge in [-0.3, -0.25) is 9.79 Å². The maximum Gasteiger partial charge on any atom is 0.320 e. The molecular weight excluding hydrogens is 218 g/mol. The second-order valence-corrected chi connectivity index (χ2v) is 4.41. The Morgan fingerprint density at radius 2 is 2.29 bits per heavy atom. The Balaban J connectivity index is 2.31. The number of carboxylic acid groups (broad SMARTS) is 1. The number of nitrogens with zero attached hydrogens (tertiary/aromatic N) is 1. The SMILES string of the molecule is NC1=NC(C/C=C\C[C@H](N)C(=O)O)CCCC1. The summed E-state index contributed by atoms with van der Waals surface area (Å²) in [5.74, 6) is -0.227. The number of rotatable bonds is 5. The molecule has 0 aromatic carbocycles. The lowest BCUT2D eigenvalue weighted by Crippen LogP contribution is -2.29. The van der Waals surface area contributed by atoms with Crippen molar-refractivity contribution in [3.63, 3.8) is 0 Å². The predicted octanol–water partition coefficient (Wildman–Crippen LogP) is 1.03. The Morgan fingerprint density at radius 1 is 1.53 bits per heavy atom. The zero-order valence-electron chi connectivity index (χ0n) is 10.0. The molecule has 0 saturated carbocycles. The molecule has 1 aliphatic rings. The van der Waals surface area contributed by atoms with Gasteiger partial charge in [0.1, 0.15) is 6.04 Å². The fourth-order valence-corrected chi connectivity index (χ4v) is 1.82. The van der Waals surface area contributed by atoms with Crippen LogP contribution in [0.4, 0.5) is 0 Å². The van der Waals surface area contributed by atoms with Gasteiger partial charge in [-0.2, -0.15) is 0 Å². The van der Waals surface area contributed by atoms with Crippen LogP contribution >= 0.6 is 0 Å². The molecule has 0 aromatic heterocycles. The molecule has 0 aliphatic carbocycles. The standard InChI is InChI=1S/C12H21N3O2/c13-10(12(16)17)7-3-1-5-9-6-2-4-8-11(14)15-9/h1,3,9-10H,2,4-8,13H2,(H2,14,15)(H,16,17)/b3-1-/t9?,10-/m0/s1. The van der Waals surface area contributed by atoms with E-state index < -0.39 is 12.0 Å². The summed E-state index contributed by atoms with van der Waals surface area (Å²) >= 11 is 0. The van der Waals surface area contributed by atoms with Gasteiger partial charge in [0.05, 0.1) is 11.9 Å². The fourth-order valence-electron chi connectivity index (χ4n) is 1.82. The molecule has 1 aliphatic heterocycles. The van der Waals surface area contributed by atoms with E-state index in [0.29, 0.717) is 6.42 Å². The third-order valence-corrected chi connectivity index (χ3v) is 2.85. The summed E-state index contributed by atoms with van der Waals surface area (Å²) in [5, 5.41) is 8.60. The molecule has 5 heteroatoms. The van der Waals surface area contributed by atoms with E-state index in [-0.39, 0.29) is 6.04 Å². The van der Waals surface area contributed by atoms with Crippen LogP contribution in [0.25, 0.3) is 0 Å². The molecule has 0 spiro atoms. The molecule has 2 atom stereocenters. The zero-order chi connectivity index (χ0) is 12.7. The Morgan fingerprint density at radius 3 is 3.00 bits per heavy atom. The van der Waals surface area contributed by atoms with Crippen molar-refractivity contribution < 1.29 is 9.90 Å². The molecule has 96 valence electrons. The van der Waals surface area contributed by atoms with Crippen LogP contribution < -0.4 is 11.5 Å². The number of nitrogens with two attached hydrogens (primary N) is 2. The molecule has 1 heterocycles. The molecule has 0 radical (unpaired) electrons. The summed E-state index contributed by atoms with van der Waals surface area (Å²) in [4.78, 5) is 14.9. The normalized spacial score (nSPS) is 23.1. The van der Waals surface area contributed by atoms with Crippen LogP contribution in [0.1, 0.15) is 38.5 Å². The quantitative estimate of drug-likeness (QED) is 0.624. The van der Waals surface area contributed by atoms with E-state index in [1.54, 1.807) is 0 Å². The third-order valence-electron chi connectivity index (χ3n) is 2.85. The number of amidine groups is 1. The van der Waals surface area contributed by atoms with Gasteiger partial charge in [-0.25, -0.2) is 0 Å². The van der Waals surface area contributed by atoms with E-state index in [9.17, 15) is 4.79 Å². The molecule has 0 aromatic rings. The number of hydrogen-bond acceptors (Lipinski definition) is 4. The second kappa shape index (κ2) is 7.06. The first-order valence-electron chi connectivity index (χ1n) is 6.05. The van der Waals surface area contributed by atoms with Crippen molar-refractivity contribution in [1.82, 2.24) is 0 Å². The van der Waals surface area contributed by atoms with Gasteiger partial charge in [0.15, 0.2) is 0 Å². The highest BCUT2D eigenvalue weighted by Crippen LogP contribution is 2.15. The van der Waals surface area contributed by atoms with Crippen molar-refractivity contribution in [2.45, 2.75) is 50.6 Å². The van der Waals surface area contributed by atoms with Gasteiger partial charge in [-0.15, -0.1) is 0 Å². The second-order valence-electron chi connectivity index (χ2n) is 4.41. The first kappa shape index (κ1) is 13.7. The maximum absolute atomic E-state index is 10.5. The number of aliphatic imine (C=N–C) groups is 1. The summed E-state index contributed by atoms with van der Waals surface area (Å²) in [5.41, 5.74) is 11.1. The first-order valence-corrected chi connectivity index (χ1v) is 6.05. The molecule has 5 nitrogen and oxygen atoms in total. The van der Waals surface area contributed by atoms with Crippen molar-refractivity contribution in [1.29, 1.82) is 0 Å². The van der Waals surface area contributed by atoms with Crippen molar-refractivity contribution in [2.75, 3.05) is 0 Å². The molecule has 17 heavy (non-hydrogen) atoms. The molecule has 5 N–H and O–H groups in total.